The van der Waals surface area contributed by atoms with E-state index in [0.717, 1.165) is 31.2 Å². The molecule has 0 unspecified atom stereocenters. The summed E-state index contributed by atoms with van der Waals surface area (Å²) < 4.78 is 26.7. The molecule has 5 nitrogen and oxygen atoms in total. The monoisotopic (exact) mass is 336 g/mol. The van der Waals surface area contributed by atoms with Gasteiger partial charge in [-0.05, 0) is 18.4 Å². The first-order valence-electron chi connectivity index (χ1n) is 8.38. The number of hydrogen-bond donors (Lipinski definition) is 0. The first kappa shape index (κ1) is 16.5. The van der Waals surface area contributed by atoms with Gasteiger partial charge in [0.05, 0.1) is 11.7 Å². The summed E-state index contributed by atoms with van der Waals surface area (Å²) in [5, 5.41) is -0.200. The van der Waals surface area contributed by atoms with Gasteiger partial charge in [0.2, 0.25) is 15.9 Å². The van der Waals surface area contributed by atoms with E-state index >= 15 is 0 Å². The van der Waals surface area contributed by atoms with Gasteiger partial charge in [-0.25, -0.2) is 8.42 Å². The van der Waals surface area contributed by atoms with E-state index in [1.165, 1.54) is 0 Å². The van der Waals surface area contributed by atoms with Crippen LogP contribution in [-0.2, 0) is 21.2 Å². The van der Waals surface area contributed by atoms with Crippen molar-refractivity contribution >= 4 is 15.9 Å². The van der Waals surface area contributed by atoms with Gasteiger partial charge in [-0.2, -0.15) is 4.31 Å². The lowest BCUT2D eigenvalue weighted by Gasteiger charge is -2.35. The highest BCUT2D eigenvalue weighted by atomic mass is 32.2. The molecule has 0 spiro atoms. The highest BCUT2D eigenvalue weighted by Crippen LogP contribution is 2.27. The second-order valence-electron chi connectivity index (χ2n) is 6.39. The van der Waals surface area contributed by atoms with E-state index in [0.29, 0.717) is 32.6 Å². The molecular formula is C17H24N2O3S. The number of piperazine rings is 1. The van der Waals surface area contributed by atoms with Crippen LogP contribution in [0.25, 0.3) is 0 Å². The summed E-state index contributed by atoms with van der Waals surface area (Å²) in [6.07, 6.45) is 3.99. The minimum absolute atomic E-state index is 0.0779. The molecule has 2 aliphatic rings. The quantitative estimate of drug-likeness (QED) is 0.840. The van der Waals surface area contributed by atoms with Gasteiger partial charge < -0.3 is 4.90 Å². The number of rotatable bonds is 4. The van der Waals surface area contributed by atoms with Crippen molar-refractivity contribution in [1.82, 2.24) is 9.21 Å². The van der Waals surface area contributed by atoms with Crippen LogP contribution in [-0.4, -0.2) is 55.0 Å². The molecule has 23 heavy (non-hydrogen) atoms. The SMILES string of the molecule is O=C(Cc1ccccc1)N1CCN(S(=O)(=O)C2CCCC2)CC1. The maximum atomic E-state index is 12.6. The fraction of sp³-hybridized carbons (Fsp3) is 0.588. The summed E-state index contributed by atoms with van der Waals surface area (Å²) in [6.45, 7) is 1.86. The Morgan fingerprint density at radius 1 is 1.00 bits per heavy atom. The Morgan fingerprint density at radius 2 is 1.61 bits per heavy atom. The van der Waals surface area contributed by atoms with Crippen molar-refractivity contribution < 1.29 is 13.2 Å². The van der Waals surface area contributed by atoms with E-state index in [1.54, 1.807) is 9.21 Å². The van der Waals surface area contributed by atoms with Gasteiger partial charge in [0, 0.05) is 26.2 Å². The molecule has 3 rings (SSSR count). The molecule has 1 aliphatic heterocycles. The molecule has 0 radical (unpaired) electrons. The van der Waals surface area contributed by atoms with Gasteiger partial charge in [-0.1, -0.05) is 43.2 Å². The maximum absolute atomic E-state index is 12.6. The van der Waals surface area contributed by atoms with E-state index in [2.05, 4.69) is 0 Å². The van der Waals surface area contributed by atoms with Crippen LogP contribution in [0.3, 0.4) is 0 Å². The third-order valence-corrected chi connectivity index (χ3v) is 7.27. The Labute approximate surface area is 138 Å². The molecular weight excluding hydrogens is 312 g/mol. The van der Waals surface area contributed by atoms with Crippen molar-refractivity contribution in [3.8, 4) is 0 Å². The third kappa shape index (κ3) is 3.75. The van der Waals surface area contributed by atoms with Crippen LogP contribution in [0.5, 0.6) is 0 Å². The van der Waals surface area contributed by atoms with E-state index in [9.17, 15) is 13.2 Å². The molecule has 126 valence electrons. The zero-order valence-electron chi connectivity index (χ0n) is 13.4. The molecule has 1 saturated carbocycles. The topological polar surface area (TPSA) is 57.7 Å². The minimum atomic E-state index is -3.17. The van der Waals surface area contributed by atoms with Gasteiger partial charge >= 0.3 is 0 Å². The molecule has 2 fully saturated rings. The molecule has 0 atom stereocenters. The summed E-state index contributed by atoms with van der Waals surface area (Å²) >= 11 is 0. The Morgan fingerprint density at radius 3 is 2.22 bits per heavy atom. The molecule has 1 heterocycles. The van der Waals surface area contributed by atoms with Crippen LogP contribution in [0, 0.1) is 0 Å². The number of amides is 1. The van der Waals surface area contributed by atoms with Crippen LogP contribution >= 0.6 is 0 Å². The van der Waals surface area contributed by atoms with E-state index in [1.807, 2.05) is 30.3 Å². The van der Waals surface area contributed by atoms with Crippen LogP contribution < -0.4 is 0 Å². The number of hydrogen-bond acceptors (Lipinski definition) is 3. The van der Waals surface area contributed by atoms with Crippen molar-refractivity contribution in [2.45, 2.75) is 37.4 Å². The Balaban J connectivity index is 1.55. The largest absolute Gasteiger partial charge is 0.340 e. The second kappa shape index (κ2) is 7.01. The highest BCUT2D eigenvalue weighted by molar-refractivity contribution is 7.89. The summed E-state index contributed by atoms with van der Waals surface area (Å²) in [7, 11) is -3.17. The molecule has 1 aromatic carbocycles. The predicted octanol–water partition coefficient (Wildman–Crippen LogP) is 1.65. The van der Waals surface area contributed by atoms with Crippen LogP contribution in [0.15, 0.2) is 30.3 Å². The molecule has 1 aromatic rings. The molecule has 6 heteroatoms. The van der Waals surface area contributed by atoms with E-state index in [-0.39, 0.29) is 11.2 Å². The fourth-order valence-electron chi connectivity index (χ4n) is 3.47. The molecule has 0 aromatic heterocycles. The average Bonchev–Trinajstić information content (AvgIpc) is 3.11. The minimum Gasteiger partial charge on any atom is -0.340 e. The number of benzene rings is 1. The molecule has 1 saturated heterocycles. The van der Waals surface area contributed by atoms with E-state index < -0.39 is 10.0 Å². The first-order valence-corrected chi connectivity index (χ1v) is 9.88. The summed E-state index contributed by atoms with van der Waals surface area (Å²) in [5.74, 6) is 0.0779. The summed E-state index contributed by atoms with van der Waals surface area (Å²) in [4.78, 5) is 14.1. The Bertz CT molecular complexity index is 631. The van der Waals surface area contributed by atoms with Crippen LogP contribution in [0.2, 0.25) is 0 Å². The number of sulfonamides is 1. The molecule has 1 amide bonds. The van der Waals surface area contributed by atoms with Crippen molar-refractivity contribution in [1.29, 1.82) is 0 Å². The molecule has 0 N–H and O–H groups in total. The zero-order valence-corrected chi connectivity index (χ0v) is 14.2. The lowest BCUT2D eigenvalue weighted by Crippen LogP contribution is -2.52. The lowest BCUT2D eigenvalue weighted by molar-refractivity contribution is -0.131. The molecule has 1 aliphatic carbocycles. The van der Waals surface area contributed by atoms with Crippen molar-refractivity contribution in [2.75, 3.05) is 26.2 Å². The van der Waals surface area contributed by atoms with Crippen LogP contribution in [0.1, 0.15) is 31.2 Å². The van der Waals surface area contributed by atoms with Crippen molar-refractivity contribution in [3.05, 3.63) is 35.9 Å². The van der Waals surface area contributed by atoms with Gasteiger partial charge in [0.1, 0.15) is 0 Å². The number of nitrogens with zero attached hydrogens (tertiary/aromatic N) is 2. The Hall–Kier alpha value is -1.40. The predicted molar refractivity (Wildman–Crippen MR) is 89.5 cm³/mol. The Kier molecular flexibility index (Phi) is 5.02. The summed E-state index contributed by atoms with van der Waals surface area (Å²) in [5.41, 5.74) is 0.999. The molecule has 0 bridgehead atoms. The standard InChI is InChI=1S/C17H24N2O3S/c20-17(14-15-6-2-1-3-7-15)18-10-12-19(13-11-18)23(21,22)16-8-4-5-9-16/h1-3,6-7,16H,4-5,8-14H2. The smallest absolute Gasteiger partial charge is 0.227 e. The van der Waals surface area contributed by atoms with Crippen molar-refractivity contribution in [2.24, 2.45) is 0 Å². The summed E-state index contributed by atoms with van der Waals surface area (Å²) in [6, 6.07) is 9.67. The van der Waals surface area contributed by atoms with Gasteiger partial charge in [0.15, 0.2) is 0 Å². The average molecular weight is 336 g/mol. The lowest BCUT2D eigenvalue weighted by atomic mass is 10.1. The zero-order chi connectivity index (χ0) is 16.3. The maximum Gasteiger partial charge on any atom is 0.227 e. The third-order valence-electron chi connectivity index (χ3n) is 4.87. The highest BCUT2D eigenvalue weighted by Gasteiger charge is 2.36. The normalized spacial score (nSPS) is 20.8. The van der Waals surface area contributed by atoms with E-state index in [4.69, 9.17) is 0 Å². The van der Waals surface area contributed by atoms with Gasteiger partial charge in [-0.15, -0.1) is 0 Å². The van der Waals surface area contributed by atoms with Crippen LogP contribution in [0.4, 0.5) is 0 Å². The van der Waals surface area contributed by atoms with Crippen molar-refractivity contribution in [3.63, 3.8) is 0 Å². The number of carbonyl (C=O) groups is 1. The van der Waals surface area contributed by atoms with Gasteiger partial charge in [0.25, 0.3) is 0 Å². The first-order chi connectivity index (χ1) is 11.1. The fourth-order valence-corrected chi connectivity index (χ4v) is 5.49. The number of carbonyl (C=O) groups excluding carboxylic acids is 1. The van der Waals surface area contributed by atoms with Gasteiger partial charge in [-0.3, -0.25) is 4.79 Å². The second-order valence-corrected chi connectivity index (χ2v) is 8.61.